The predicted molar refractivity (Wildman–Crippen MR) is 134 cm³/mol. The number of rotatable bonds is 5. The van der Waals surface area contributed by atoms with E-state index in [2.05, 4.69) is 54.6 Å². The van der Waals surface area contributed by atoms with Crippen molar-refractivity contribution < 1.29 is 9.53 Å². The summed E-state index contributed by atoms with van der Waals surface area (Å²) in [5.41, 5.74) is 5.53. The van der Waals surface area contributed by atoms with Gasteiger partial charge in [-0.2, -0.15) is 5.10 Å². The molecule has 0 saturated heterocycles. The van der Waals surface area contributed by atoms with Gasteiger partial charge in [0.2, 0.25) is 5.13 Å². The Labute approximate surface area is 198 Å². The first-order chi connectivity index (χ1) is 16.2. The summed E-state index contributed by atoms with van der Waals surface area (Å²) in [7, 11) is 0. The smallest absolute Gasteiger partial charge is 0.350 e. The number of benzene rings is 2. The molecule has 0 bridgehead atoms. The molecule has 33 heavy (non-hydrogen) atoms. The van der Waals surface area contributed by atoms with Crippen LogP contribution < -0.4 is 5.01 Å². The third-order valence-corrected chi connectivity index (χ3v) is 7.35. The van der Waals surface area contributed by atoms with Crippen LogP contribution in [-0.4, -0.2) is 23.3 Å². The lowest BCUT2D eigenvalue weighted by molar-refractivity contribution is 0.0531. The number of fused-ring (bicyclic) bond motifs is 1. The molecule has 1 aliphatic heterocycles. The van der Waals surface area contributed by atoms with Crippen molar-refractivity contribution in [1.82, 2.24) is 4.98 Å². The van der Waals surface area contributed by atoms with E-state index in [-0.39, 0.29) is 17.9 Å². The van der Waals surface area contributed by atoms with Crippen molar-refractivity contribution >= 4 is 34.2 Å². The maximum Gasteiger partial charge on any atom is 0.350 e. The second-order valence-corrected chi connectivity index (χ2v) is 9.37. The molecule has 2 aliphatic rings. The van der Waals surface area contributed by atoms with Crippen LogP contribution in [0.25, 0.3) is 6.08 Å². The quantitative estimate of drug-likeness (QED) is 0.414. The number of hydrazone groups is 1. The van der Waals surface area contributed by atoms with Gasteiger partial charge in [0.05, 0.1) is 24.1 Å². The standard InChI is InChI=1S/C27H27N3O2S/c1-3-32-26(31)25-18(2)28-27(33-25)30-24(20-13-8-5-9-14-20)22-16-10-15-21(23(22)29-30)17-19-11-6-4-7-12-19/h4-9,11-14,17,22,24H,3,10,15-16H2,1-2H3/b21-17+. The van der Waals surface area contributed by atoms with E-state index < -0.39 is 0 Å². The third-order valence-electron chi connectivity index (χ3n) is 6.23. The Morgan fingerprint density at radius 2 is 1.88 bits per heavy atom. The zero-order valence-electron chi connectivity index (χ0n) is 18.9. The number of hydrogen-bond acceptors (Lipinski definition) is 6. The van der Waals surface area contributed by atoms with Gasteiger partial charge in [-0.15, -0.1) is 0 Å². The number of aromatic nitrogens is 1. The first-order valence-corrected chi connectivity index (χ1v) is 12.3. The average molecular weight is 458 g/mol. The molecule has 1 fully saturated rings. The van der Waals surface area contributed by atoms with Crippen LogP contribution in [0.4, 0.5) is 5.13 Å². The topological polar surface area (TPSA) is 54.8 Å². The molecule has 2 aromatic carbocycles. The fourth-order valence-corrected chi connectivity index (χ4v) is 5.71. The van der Waals surface area contributed by atoms with Crippen molar-refractivity contribution in [3.05, 3.63) is 87.9 Å². The number of nitrogens with zero attached hydrogens (tertiary/aromatic N) is 3. The average Bonchev–Trinajstić information content (AvgIpc) is 3.42. The molecule has 1 saturated carbocycles. The van der Waals surface area contributed by atoms with E-state index in [4.69, 9.17) is 14.8 Å². The van der Waals surface area contributed by atoms with Crippen molar-refractivity contribution in [2.45, 2.75) is 39.2 Å². The number of carbonyl (C=O) groups excluding carboxylic acids is 1. The van der Waals surface area contributed by atoms with Gasteiger partial charge in [0.15, 0.2) is 0 Å². The van der Waals surface area contributed by atoms with E-state index in [1.165, 1.54) is 28.0 Å². The summed E-state index contributed by atoms with van der Waals surface area (Å²) in [4.78, 5) is 17.7. The molecule has 6 heteroatoms. The summed E-state index contributed by atoms with van der Waals surface area (Å²) >= 11 is 1.37. The highest BCUT2D eigenvalue weighted by Gasteiger charge is 2.43. The van der Waals surface area contributed by atoms with E-state index in [0.29, 0.717) is 17.2 Å². The zero-order valence-corrected chi connectivity index (χ0v) is 19.7. The van der Waals surface area contributed by atoms with Crippen LogP contribution in [0.3, 0.4) is 0 Å². The van der Waals surface area contributed by atoms with Gasteiger partial charge in [0.1, 0.15) is 4.88 Å². The molecule has 2 unspecified atom stereocenters. The SMILES string of the molecule is CCOC(=O)c1sc(N2N=C3/C(=C/c4ccccc4)CCCC3C2c2ccccc2)nc1C. The van der Waals surface area contributed by atoms with E-state index in [1.807, 2.05) is 31.0 Å². The Morgan fingerprint density at radius 3 is 2.61 bits per heavy atom. The molecule has 0 amide bonds. The third kappa shape index (κ3) is 4.23. The van der Waals surface area contributed by atoms with E-state index in [9.17, 15) is 4.79 Å². The maximum atomic E-state index is 12.4. The van der Waals surface area contributed by atoms with Crippen LogP contribution >= 0.6 is 11.3 Å². The van der Waals surface area contributed by atoms with E-state index in [0.717, 1.165) is 30.1 Å². The monoisotopic (exact) mass is 457 g/mol. The number of ether oxygens (including phenoxy) is 1. The lowest BCUT2D eigenvalue weighted by Crippen LogP contribution is -2.28. The molecular weight excluding hydrogens is 430 g/mol. The molecule has 168 valence electrons. The minimum Gasteiger partial charge on any atom is -0.462 e. The summed E-state index contributed by atoms with van der Waals surface area (Å²) in [5.74, 6) is -0.0321. The molecular formula is C27H27N3O2S. The molecule has 2 heterocycles. The Morgan fingerprint density at radius 1 is 1.15 bits per heavy atom. The van der Waals surface area contributed by atoms with Crippen molar-refractivity contribution in [2.24, 2.45) is 11.0 Å². The molecule has 0 spiro atoms. The predicted octanol–water partition coefficient (Wildman–Crippen LogP) is 6.43. The van der Waals surface area contributed by atoms with E-state index in [1.54, 1.807) is 0 Å². The highest BCUT2D eigenvalue weighted by molar-refractivity contribution is 7.17. The summed E-state index contributed by atoms with van der Waals surface area (Å²) in [6.07, 6.45) is 5.50. The Hall–Kier alpha value is -3.25. The Bertz CT molecular complexity index is 1200. The lowest BCUT2D eigenvalue weighted by Gasteiger charge is -2.29. The summed E-state index contributed by atoms with van der Waals surface area (Å²) in [6, 6.07) is 21.0. The molecule has 5 rings (SSSR count). The highest BCUT2D eigenvalue weighted by atomic mass is 32.1. The summed E-state index contributed by atoms with van der Waals surface area (Å²) < 4.78 is 5.24. The van der Waals surface area contributed by atoms with Gasteiger partial charge in [-0.25, -0.2) is 14.8 Å². The normalized spacial score (nSPS) is 21.1. The first kappa shape index (κ1) is 21.6. The Kier molecular flexibility index (Phi) is 6.09. The van der Waals surface area contributed by atoms with Crippen LogP contribution in [0.2, 0.25) is 0 Å². The minimum atomic E-state index is -0.316. The van der Waals surface area contributed by atoms with Gasteiger partial charge in [0.25, 0.3) is 0 Å². The minimum absolute atomic E-state index is 0.0567. The van der Waals surface area contributed by atoms with Crippen molar-refractivity contribution in [3.8, 4) is 0 Å². The number of carbonyl (C=O) groups is 1. The van der Waals surface area contributed by atoms with Crippen LogP contribution in [-0.2, 0) is 4.74 Å². The van der Waals surface area contributed by atoms with Gasteiger partial charge >= 0.3 is 5.97 Å². The van der Waals surface area contributed by atoms with Crippen molar-refractivity contribution in [1.29, 1.82) is 0 Å². The van der Waals surface area contributed by atoms with Crippen LogP contribution in [0.1, 0.15) is 58.7 Å². The number of thiazole rings is 1. The molecule has 1 aromatic heterocycles. The lowest BCUT2D eigenvalue weighted by atomic mass is 9.77. The van der Waals surface area contributed by atoms with Gasteiger partial charge in [-0.3, -0.25) is 0 Å². The van der Waals surface area contributed by atoms with Crippen LogP contribution in [0, 0.1) is 12.8 Å². The molecule has 0 radical (unpaired) electrons. The number of allylic oxidation sites excluding steroid dienone is 1. The Balaban J connectivity index is 1.58. The van der Waals surface area contributed by atoms with Crippen LogP contribution in [0.15, 0.2) is 71.3 Å². The maximum absolute atomic E-state index is 12.4. The highest BCUT2D eigenvalue weighted by Crippen LogP contribution is 2.47. The molecule has 3 aromatic rings. The zero-order chi connectivity index (χ0) is 22.8. The summed E-state index contributed by atoms with van der Waals surface area (Å²) in [5, 5.41) is 7.94. The molecule has 2 atom stereocenters. The second-order valence-electron chi connectivity index (χ2n) is 8.40. The molecule has 5 nitrogen and oxygen atoms in total. The van der Waals surface area contributed by atoms with Gasteiger partial charge in [-0.05, 0) is 55.9 Å². The number of esters is 1. The van der Waals surface area contributed by atoms with Gasteiger partial charge < -0.3 is 4.74 Å². The van der Waals surface area contributed by atoms with Crippen molar-refractivity contribution in [3.63, 3.8) is 0 Å². The number of hydrogen-bond donors (Lipinski definition) is 0. The molecule has 1 aliphatic carbocycles. The fraction of sp³-hybridized carbons (Fsp3) is 0.296. The van der Waals surface area contributed by atoms with Gasteiger partial charge in [-0.1, -0.05) is 72.0 Å². The van der Waals surface area contributed by atoms with Gasteiger partial charge in [0, 0.05) is 5.92 Å². The largest absolute Gasteiger partial charge is 0.462 e. The second kappa shape index (κ2) is 9.32. The van der Waals surface area contributed by atoms with E-state index >= 15 is 0 Å². The first-order valence-electron chi connectivity index (χ1n) is 11.5. The number of aryl methyl sites for hydroxylation is 1. The molecule has 0 N–H and O–H groups in total. The van der Waals surface area contributed by atoms with Crippen molar-refractivity contribution in [2.75, 3.05) is 11.6 Å². The number of anilines is 1. The summed E-state index contributed by atoms with van der Waals surface area (Å²) in [6.45, 7) is 4.03. The van der Waals surface area contributed by atoms with Crippen LogP contribution in [0.5, 0.6) is 0 Å². The fourth-order valence-electron chi connectivity index (χ4n) is 4.76.